The lowest BCUT2D eigenvalue weighted by molar-refractivity contribution is 0.0768. The number of fused-ring (bicyclic) bond motifs is 1. The number of carbonyl (C=O) groups excluding carboxylic acids is 1. The van der Waals surface area contributed by atoms with Crippen LogP contribution in [0.4, 0.5) is 0 Å². The monoisotopic (exact) mass is 406 g/mol. The van der Waals surface area contributed by atoms with Gasteiger partial charge in [0.15, 0.2) is 5.82 Å². The van der Waals surface area contributed by atoms with Gasteiger partial charge in [0.1, 0.15) is 5.82 Å². The van der Waals surface area contributed by atoms with Crippen molar-refractivity contribution in [3.63, 3.8) is 0 Å². The molecule has 0 bridgehead atoms. The number of aromatic nitrogens is 6. The molecular weight excluding hydrogens is 380 g/mol. The van der Waals surface area contributed by atoms with E-state index in [0.717, 1.165) is 37.8 Å². The minimum atomic E-state index is -0.261. The molecule has 2 saturated heterocycles. The molecule has 5 rings (SSSR count). The standard InChI is InChI=1S/C21H26N8O/c1-3-29-10-16(7-23-29)9-27-11-18-12-28(19(30)17-5-4-6-22-8-17)14-21(18,13-27)20-24-15(2)25-26-20/h4-8,10,18H,3,9,11-14H2,1-2H3,(H,24,25,26)/t18-,21-/m1/s1. The number of nitrogens with one attached hydrogen (secondary N) is 1. The van der Waals surface area contributed by atoms with E-state index in [9.17, 15) is 4.79 Å². The predicted octanol–water partition coefficient (Wildman–Crippen LogP) is 1.25. The van der Waals surface area contributed by atoms with Gasteiger partial charge in [0, 0.05) is 69.3 Å². The summed E-state index contributed by atoms with van der Waals surface area (Å²) in [5, 5.41) is 11.9. The van der Waals surface area contributed by atoms with Crippen molar-refractivity contribution in [3.05, 3.63) is 59.7 Å². The largest absolute Gasteiger partial charge is 0.337 e. The normalized spacial score (nSPS) is 23.8. The number of hydrogen-bond donors (Lipinski definition) is 1. The van der Waals surface area contributed by atoms with Crippen molar-refractivity contribution in [2.45, 2.75) is 32.4 Å². The Morgan fingerprint density at radius 3 is 2.90 bits per heavy atom. The first kappa shape index (κ1) is 18.9. The molecule has 2 atom stereocenters. The number of carbonyl (C=O) groups is 1. The first-order chi connectivity index (χ1) is 14.6. The van der Waals surface area contributed by atoms with Crippen molar-refractivity contribution in [1.82, 2.24) is 39.7 Å². The molecule has 1 N–H and O–H groups in total. The molecule has 30 heavy (non-hydrogen) atoms. The summed E-state index contributed by atoms with van der Waals surface area (Å²) in [6.45, 7) is 8.77. The van der Waals surface area contributed by atoms with Gasteiger partial charge in [-0.05, 0) is 26.0 Å². The number of pyridine rings is 1. The summed E-state index contributed by atoms with van der Waals surface area (Å²) >= 11 is 0. The van der Waals surface area contributed by atoms with Crippen LogP contribution in [0.3, 0.4) is 0 Å². The van der Waals surface area contributed by atoms with E-state index in [0.29, 0.717) is 18.7 Å². The van der Waals surface area contributed by atoms with Crippen molar-refractivity contribution >= 4 is 5.91 Å². The highest BCUT2D eigenvalue weighted by atomic mass is 16.2. The molecule has 0 aliphatic carbocycles. The third kappa shape index (κ3) is 3.19. The van der Waals surface area contributed by atoms with E-state index < -0.39 is 0 Å². The van der Waals surface area contributed by atoms with Gasteiger partial charge in [-0.2, -0.15) is 10.2 Å². The fraction of sp³-hybridized carbons (Fsp3) is 0.476. The lowest BCUT2D eigenvalue weighted by Crippen LogP contribution is -2.40. The van der Waals surface area contributed by atoms with E-state index in [4.69, 9.17) is 4.98 Å². The van der Waals surface area contributed by atoms with Crippen LogP contribution in [0, 0.1) is 12.8 Å². The molecule has 0 saturated carbocycles. The van der Waals surface area contributed by atoms with Crippen molar-refractivity contribution in [1.29, 1.82) is 0 Å². The second kappa shape index (κ2) is 7.32. The molecule has 156 valence electrons. The second-order valence-corrected chi connectivity index (χ2v) is 8.40. The summed E-state index contributed by atoms with van der Waals surface area (Å²) in [6.07, 6.45) is 7.37. The van der Waals surface area contributed by atoms with Gasteiger partial charge in [-0.3, -0.25) is 24.5 Å². The van der Waals surface area contributed by atoms with Crippen LogP contribution >= 0.6 is 0 Å². The summed E-state index contributed by atoms with van der Waals surface area (Å²) in [6, 6.07) is 3.63. The molecule has 2 aliphatic heterocycles. The molecule has 2 fully saturated rings. The third-order valence-electron chi connectivity index (χ3n) is 6.33. The molecule has 0 radical (unpaired) electrons. The molecule has 0 spiro atoms. The van der Waals surface area contributed by atoms with Gasteiger partial charge in [0.05, 0.1) is 17.2 Å². The highest BCUT2D eigenvalue weighted by Crippen LogP contribution is 2.44. The van der Waals surface area contributed by atoms with Crippen molar-refractivity contribution in [2.24, 2.45) is 5.92 Å². The molecule has 3 aromatic heterocycles. The average molecular weight is 406 g/mol. The third-order valence-corrected chi connectivity index (χ3v) is 6.33. The van der Waals surface area contributed by atoms with Crippen molar-refractivity contribution in [3.8, 4) is 0 Å². The molecule has 2 aliphatic rings. The Morgan fingerprint density at radius 2 is 2.20 bits per heavy atom. The topological polar surface area (TPSA) is 95.8 Å². The lowest BCUT2D eigenvalue weighted by atomic mass is 9.80. The Hall–Kier alpha value is -3.07. The van der Waals surface area contributed by atoms with Gasteiger partial charge in [-0.15, -0.1) is 0 Å². The van der Waals surface area contributed by atoms with Crippen molar-refractivity contribution in [2.75, 3.05) is 26.2 Å². The smallest absolute Gasteiger partial charge is 0.255 e. The molecular formula is C21H26N8O. The minimum Gasteiger partial charge on any atom is -0.337 e. The van der Waals surface area contributed by atoms with Crippen molar-refractivity contribution < 1.29 is 4.79 Å². The summed E-state index contributed by atoms with van der Waals surface area (Å²) in [5.74, 6) is 1.94. The van der Waals surface area contributed by atoms with Gasteiger partial charge in [-0.1, -0.05) is 0 Å². The van der Waals surface area contributed by atoms with E-state index in [1.807, 2.05) is 28.8 Å². The summed E-state index contributed by atoms with van der Waals surface area (Å²) < 4.78 is 1.95. The zero-order valence-electron chi connectivity index (χ0n) is 17.3. The Bertz CT molecular complexity index is 1040. The highest BCUT2D eigenvalue weighted by molar-refractivity contribution is 5.94. The van der Waals surface area contributed by atoms with Crippen LogP contribution in [-0.4, -0.2) is 71.8 Å². The predicted molar refractivity (Wildman–Crippen MR) is 110 cm³/mol. The number of aryl methyl sites for hydroxylation is 2. The maximum atomic E-state index is 13.1. The fourth-order valence-corrected chi connectivity index (χ4v) is 4.92. The molecule has 5 heterocycles. The van der Waals surface area contributed by atoms with Gasteiger partial charge in [0.25, 0.3) is 5.91 Å². The summed E-state index contributed by atoms with van der Waals surface area (Å²) in [5.41, 5.74) is 1.58. The Morgan fingerprint density at radius 1 is 1.30 bits per heavy atom. The molecule has 0 unspecified atom stereocenters. The van der Waals surface area contributed by atoms with Crippen LogP contribution in [0.2, 0.25) is 0 Å². The number of aromatic amines is 1. The minimum absolute atomic E-state index is 0.0277. The van der Waals surface area contributed by atoms with Crippen LogP contribution in [0.15, 0.2) is 36.9 Å². The molecule has 1 amide bonds. The van der Waals surface area contributed by atoms with Gasteiger partial charge >= 0.3 is 0 Å². The number of rotatable bonds is 5. The van der Waals surface area contributed by atoms with Crippen LogP contribution in [-0.2, 0) is 18.5 Å². The molecule has 3 aromatic rings. The number of H-pyrrole nitrogens is 1. The van der Waals surface area contributed by atoms with E-state index >= 15 is 0 Å². The molecule has 9 nitrogen and oxygen atoms in total. The molecule has 0 aromatic carbocycles. The average Bonchev–Trinajstić information content (AvgIpc) is 3.51. The van der Waals surface area contributed by atoms with Crippen LogP contribution in [0.25, 0.3) is 0 Å². The Kier molecular flexibility index (Phi) is 4.62. The number of hydrogen-bond acceptors (Lipinski definition) is 6. The number of nitrogens with zero attached hydrogens (tertiary/aromatic N) is 7. The van der Waals surface area contributed by atoms with Gasteiger partial charge in [-0.25, -0.2) is 4.98 Å². The van der Waals surface area contributed by atoms with E-state index in [-0.39, 0.29) is 17.2 Å². The summed E-state index contributed by atoms with van der Waals surface area (Å²) in [4.78, 5) is 26.3. The quantitative estimate of drug-likeness (QED) is 0.685. The van der Waals surface area contributed by atoms with E-state index in [1.54, 1.807) is 18.5 Å². The Balaban J connectivity index is 1.40. The number of amides is 1. The zero-order chi connectivity index (χ0) is 20.7. The SMILES string of the molecule is CCn1cc(CN2C[C@@H]3CN(C(=O)c4cccnc4)C[C@]3(c3n[nH]c(C)n3)C2)cn1. The second-order valence-electron chi connectivity index (χ2n) is 8.40. The van der Waals surface area contributed by atoms with Gasteiger partial charge < -0.3 is 4.90 Å². The van der Waals surface area contributed by atoms with E-state index in [1.165, 1.54) is 5.56 Å². The fourth-order valence-electron chi connectivity index (χ4n) is 4.92. The van der Waals surface area contributed by atoms with Gasteiger partial charge in [0.2, 0.25) is 0 Å². The first-order valence-corrected chi connectivity index (χ1v) is 10.4. The maximum absolute atomic E-state index is 13.1. The van der Waals surface area contributed by atoms with Crippen LogP contribution in [0.5, 0.6) is 0 Å². The molecule has 9 heteroatoms. The Labute approximate surface area is 175 Å². The summed E-state index contributed by atoms with van der Waals surface area (Å²) in [7, 11) is 0. The van der Waals surface area contributed by atoms with Crippen LogP contribution < -0.4 is 0 Å². The zero-order valence-corrected chi connectivity index (χ0v) is 17.3. The first-order valence-electron chi connectivity index (χ1n) is 10.4. The van der Waals surface area contributed by atoms with Crippen LogP contribution in [0.1, 0.15) is 34.5 Å². The highest BCUT2D eigenvalue weighted by Gasteiger charge is 2.56. The maximum Gasteiger partial charge on any atom is 0.255 e. The lowest BCUT2D eigenvalue weighted by Gasteiger charge is -2.26. The number of likely N-dealkylation sites (tertiary alicyclic amines) is 2. The van der Waals surface area contributed by atoms with E-state index in [2.05, 4.69) is 38.3 Å².